The molecule has 0 aliphatic carbocycles. The van der Waals surface area contributed by atoms with Crippen LogP contribution in [-0.2, 0) is 32.2 Å². The first-order chi connectivity index (χ1) is 16.2. The van der Waals surface area contributed by atoms with Gasteiger partial charge in [-0.25, -0.2) is 17.9 Å². The number of carbonyl (C=O) groups excluding carboxylic acids is 2. The standard InChI is InChI=1S/C24H31N3O6S/c1-4-10-33-23(29)16-6-7-20(34(3,30)31)18(13-16)27-19-14-24(8-11-32-12-9-24)15-25-22(28)21(19)17(5-2)26-27/h6-7,13H,4-5,8-12,14-15H2,1-3H3,(H,25,28). The van der Waals surface area contributed by atoms with Crippen molar-refractivity contribution >= 4 is 21.7 Å². The van der Waals surface area contributed by atoms with Crippen LogP contribution in [0.25, 0.3) is 5.69 Å². The molecule has 1 spiro atoms. The molecule has 2 aliphatic rings. The van der Waals surface area contributed by atoms with E-state index in [1.165, 1.54) is 18.2 Å². The van der Waals surface area contributed by atoms with Crippen molar-refractivity contribution in [3.8, 4) is 5.69 Å². The number of hydrogen-bond acceptors (Lipinski definition) is 7. The number of ether oxygens (including phenoxy) is 2. The quantitative estimate of drug-likeness (QED) is 0.620. The molecule has 10 heteroatoms. The van der Waals surface area contributed by atoms with Gasteiger partial charge in [0.15, 0.2) is 9.84 Å². The van der Waals surface area contributed by atoms with Crippen molar-refractivity contribution in [2.45, 2.75) is 50.8 Å². The van der Waals surface area contributed by atoms with E-state index < -0.39 is 15.8 Å². The molecule has 0 atom stereocenters. The van der Waals surface area contributed by atoms with Crippen molar-refractivity contribution in [2.24, 2.45) is 5.41 Å². The molecule has 2 aliphatic heterocycles. The molecule has 1 N–H and O–H groups in total. The van der Waals surface area contributed by atoms with Gasteiger partial charge in [0.2, 0.25) is 0 Å². The number of benzene rings is 1. The van der Waals surface area contributed by atoms with Gasteiger partial charge in [-0.05, 0) is 55.7 Å². The van der Waals surface area contributed by atoms with Crippen LogP contribution in [0.3, 0.4) is 0 Å². The molecule has 1 fully saturated rings. The maximum absolute atomic E-state index is 13.1. The summed E-state index contributed by atoms with van der Waals surface area (Å²) in [6, 6.07) is 4.36. The van der Waals surface area contributed by atoms with Gasteiger partial charge in [-0.2, -0.15) is 5.10 Å². The SMILES string of the molecule is CCCOC(=O)c1ccc(S(C)(=O)=O)c(-n2nc(CC)c3c2CC2(CCOCC2)CNC3=O)c1. The molecule has 0 bridgehead atoms. The number of aromatic nitrogens is 2. The second-order valence-electron chi connectivity index (χ2n) is 9.10. The van der Waals surface area contributed by atoms with Crippen LogP contribution in [0.4, 0.5) is 0 Å². The van der Waals surface area contributed by atoms with Crippen molar-refractivity contribution < 1.29 is 27.5 Å². The molecule has 1 aromatic carbocycles. The van der Waals surface area contributed by atoms with E-state index in [1.807, 2.05) is 13.8 Å². The Balaban J connectivity index is 1.92. The largest absolute Gasteiger partial charge is 0.462 e. The lowest BCUT2D eigenvalue weighted by Gasteiger charge is -2.36. The Labute approximate surface area is 199 Å². The van der Waals surface area contributed by atoms with Gasteiger partial charge in [0, 0.05) is 26.0 Å². The van der Waals surface area contributed by atoms with Gasteiger partial charge in [-0.15, -0.1) is 0 Å². The Bertz CT molecular complexity index is 1210. The Morgan fingerprint density at radius 3 is 2.65 bits per heavy atom. The molecule has 2 aromatic rings. The van der Waals surface area contributed by atoms with Gasteiger partial charge in [0.1, 0.15) is 0 Å². The second kappa shape index (κ2) is 9.50. The zero-order chi connectivity index (χ0) is 24.5. The van der Waals surface area contributed by atoms with E-state index >= 15 is 0 Å². The first-order valence-electron chi connectivity index (χ1n) is 11.7. The minimum absolute atomic E-state index is 0.0400. The Morgan fingerprint density at radius 2 is 2.00 bits per heavy atom. The van der Waals surface area contributed by atoms with Crippen LogP contribution < -0.4 is 5.32 Å². The topological polar surface area (TPSA) is 117 Å². The monoisotopic (exact) mass is 489 g/mol. The molecular formula is C24H31N3O6S. The maximum Gasteiger partial charge on any atom is 0.338 e. The van der Waals surface area contributed by atoms with Crippen LogP contribution in [-0.4, -0.2) is 62.7 Å². The summed E-state index contributed by atoms with van der Waals surface area (Å²) in [6.45, 7) is 5.80. The molecule has 0 unspecified atom stereocenters. The second-order valence-corrected chi connectivity index (χ2v) is 11.1. The Kier molecular flexibility index (Phi) is 6.82. The number of nitrogens with one attached hydrogen (secondary N) is 1. The number of sulfone groups is 1. The Morgan fingerprint density at radius 1 is 1.26 bits per heavy atom. The molecular weight excluding hydrogens is 458 g/mol. The minimum atomic E-state index is -3.65. The molecule has 1 aromatic heterocycles. The van der Waals surface area contributed by atoms with Gasteiger partial charge in [-0.1, -0.05) is 13.8 Å². The van der Waals surface area contributed by atoms with Crippen molar-refractivity contribution in [1.82, 2.24) is 15.1 Å². The number of esters is 1. The van der Waals surface area contributed by atoms with Gasteiger partial charge >= 0.3 is 5.97 Å². The zero-order valence-corrected chi connectivity index (χ0v) is 20.7. The number of aryl methyl sites for hydroxylation is 1. The summed E-state index contributed by atoms with van der Waals surface area (Å²) in [5.74, 6) is -0.739. The lowest BCUT2D eigenvalue weighted by atomic mass is 9.76. The highest BCUT2D eigenvalue weighted by Crippen LogP contribution is 2.38. The van der Waals surface area contributed by atoms with Crippen molar-refractivity contribution in [3.63, 3.8) is 0 Å². The third-order valence-corrected chi connectivity index (χ3v) is 7.74. The molecule has 4 rings (SSSR count). The first-order valence-corrected chi connectivity index (χ1v) is 13.6. The summed E-state index contributed by atoms with van der Waals surface area (Å²) in [5, 5.41) is 7.75. The first kappa shape index (κ1) is 24.4. The predicted molar refractivity (Wildman–Crippen MR) is 125 cm³/mol. The van der Waals surface area contributed by atoms with Crippen LogP contribution in [0.2, 0.25) is 0 Å². The molecule has 0 radical (unpaired) electrons. The highest BCUT2D eigenvalue weighted by Gasteiger charge is 2.40. The Hall–Kier alpha value is -2.72. The van der Waals surface area contributed by atoms with E-state index in [-0.39, 0.29) is 34.1 Å². The molecule has 0 saturated carbocycles. The smallest absolute Gasteiger partial charge is 0.338 e. The summed E-state index contributed by atoms with van der Waals surface area (Å²) in [4.78, 5) is 25.8. The maximum atomic E-state index is 13.1. The summed E-state index contributed by atoms with van der Waals surface area (Å²) >= 11 is 0. The van der Waals surface area contributed by atoms with Crippen LogP contribution in [0, 0.1) is 5.41 Å². The number of nitrogens with zero attached hydrogens (tertiary/aromatic N) is 2. The van der Waals surface area contributed by atoms with E-state index in [2.05, 4.69) is 5.32 Å². The van der Waals surface area contributed by atoms with Crippen molar-refractivity contribution in [3.05, 3.63) is 40.7 Å². The number of rotatable bonds is 6. The average molecular weight is 490 g/mol. The summed E-state index contributed by atoms with van der Waals surface area (Å²) in [6.07, 6.45) is 4.41. The van der Waals surface area contributed by atoms with Gasteiger partial charge in [0.05, 0.1) is 39.7 Å². The van der Waals surface area contributed by atoms with E-state index in [0.717, 1.165) is 19.1 Å². The van der Waals surface area contributed by atoms with Crippen LogP contribution >= 0.6 is 0 Å². The zero-order valence-electron chi connectivity index (χ0n) is 19.8. The average Bonchev–Trinajstić information content (AvgIpc) is 3.12. The number of amides is 1. The molecule has 1 amide bonds. The molecule has 1 saturated heterocycles. The molecule has 184 valence electrons. The lowest BCUT2D eigenvalue weighted by molar-refractivity contribution is 0.0154. The molecule has 3 heterocycles. The highest BCUT2D eigenvalue weighted by atomic mass is 32.2. The number of hydrogen-bond donors (Lipinski definition) is 1. The summed E-state index contributed by atoms with van der Waals surface area (Å²) in [7, 11) is -3.65. The van der Waals surface area contributed by atoms with E-state index in [0.29, 0.717) is 56.0 Å². The fourth-order valence-corrected chi connectivity index (χ4v) is 5.55. The van der Waals surface area contributed by atoms with Gasteiger partial charge < -0.3 is 14.8 Å². The third-order valence-electron chi connectivity index (χ3n) is 6.59. The van der Waals surface area contributed by atoms with Gasteiger partial charge in [-0.3, -0.25) is 4.79 Å². The fraction of sp³-hybridized carbons (Fsp3) is 0.542. The van der Waals surface area contributed by atoms with Gasteiger partial charge in [0.25, 0.3) is 5.91 Å². The predicted octanol–water partition coefficient (Wildman–Crippen LogP) is 2.49. The van der Waals surface area contributed by atoms with Crippen LogP contribution in [0.1, 0.15) is 65.2 Å². The molecule has 34 heavy (non-hydrogen) atoms. The molecule has 9 nitrogen and oxygen atoms in total. The number of carbonyl (C=O) groups is 2. The van der Waals surface area contributed by atoms with E-state index in [4.69, 9.17) is 14.6 Å². The fourth-order valence-electron chi connectivity index (χ4n) is 4.71. The van der Waals surface area contributed by atoms with E-state index in [9.17, 15) is 18.0 Å². The third kappa shape index (κ3) is 4.61. The minimum Gasteiger partial charge on any atom is -0.462 e. The normalized spacial score (nSPS) is 17.7. The summed E-state index contributed by atoms with van der Waals surface area (Å²) < 4.78 is 37.8. The highest BCUT2D eigenvalue weighted by molar-refractivity contribution is 7.90. The summed E-state index contributed by atoms with van der Waals surface area (Å²) in [5.41, 5.74) is 2.03. The number of fused-ring (bicyclic) bond motifs is 1. The van der Waals surface area contributed by atoms with Crippen molar-refractivity contribution in [2.75, 3.05) is 32.6 Å². The van der Waals surface area contributed by atoms with Crippen LogP contribution in [0.5, 0.6) is 0 Å². The lowest BCUT2D eigenvalue weighted by Crippen LogP contribution is -2.40. The van der Waals surface area contributed by atoms with Crippen LogP contribution in [0.15, 0.2) is 23.1 Å². The van der Waals surface area contributed by atoms with E-state index in [1.54, 1.807) is 4.68 Å². The van der Waals surface area contributed by atoms with Crippen molar-refractivity contribution in [1.29, 1.82) is 0 Å².